The summed E-state index contributed by atoms with van der Waals surface area (Å²) in [5.41, 5.74) is 0.290. The molecule has 1 radical (unpaired) electrons. The average molecular weight is 211 g/mol. The highest BCUT2D eigenvalue weighted by Gasteiger charge is 2.33. The maximum atomic E-state index is 5.51. The van der Waals surface area contributed by atoms with Crippen LogP contribution in [0.2, 0.25) is 0 Å². The minimum absolute atomic E-state index is 0.119. The van der Waals surface area contributed by atoms with E-state index in [0.29, 0.717) is 19.8 Å². The molecule has 0 aliphatic carbocycles. The molecule has 1 rings (SSSR count). The molecule has 0 aromatic rings. The summed E-state index contributed by atoms with van der Waals surface area (Å²) in [6, 6.07) is 0. The van der Waals surface area contributed by atoms with Crippen molar-refractivity contribution in [1.29, 1.82) is 0 Å². The summed E-state index contributed by atoms with van der Waals surface area (Å²) < 4.78 is 16.4. The second kappa shape index (κ2) is 4.89. The molecule has 0 aromatic heterocycles. The van der Waals surface area contributed by atoms with Crippen molar-refractivity contribution in [3.05, 3.63) is 0 Å². The maximum absolute atomic E-state index is 5.51. The molecule has 1 fully saturated rings. The molecule has 3 nitrogen and oxygen atoms in total. The molecule has 0 saturated carbocycles. The van der Waals surface area contributed by atoms with Crippen LogP contribution in [-0.2, 0) is 14.0 Å². The predicted octanol–water partition coefficient (Wildman–Crippen LogP) is 1.73. The van der Waals surface area contributed by atoms with Gasteiger partial charge in [-0.2, -0.15) is 0 Å². The van der Waals surface area contributed by atoms with Gasteiger partial charge in [-0.05, 0) is 5.41 Å². The molecule has 15 heavy (non-hydrogen) atoms. The van der Waals surface area contributed by atoms with Gasteiger partial charge in [0.05, 0.1) is 0 Å². The topological polar surface area (TPSA) is 27.7 Å². The molecule has 0 amide bonds. The van der Waals surface area contributed by atoms with Crippen LogP contribution in [0.15, 0.2) is 0 Å². The van der Waals surface area contributed by atoms with Crippen molar-refractivity contribution < 1.29 is 14.0 Å². The zero-order chi connectivity index (χ0) is 11.5. The fraction of sp³-hybridized carbons (Fsp3) is 1.00. The minimum Gasteiger partial charge on any atom is -0.442 e. The zero-order valence-electron chi connectivity index (χ0n) is 10.5. The molecule has 0 spiro atoms. The summed E-state index contributed by atoms with van der Waals surface area (Å²) >= 11 is 0. The lowest BCUT2D eigenvalue weighted by Crippen LogP contribution is -2.45. The van der Waals surface area contributed by atoms with Crippen molar-refractivity contribution in [1.82, 2.24) is 0 Å². The Hall–Kier alpha value is 0.00987. The number of hydrogen-bond acceptors (Lipinski definition) is 3. The lowest BCUT2D eigenvalue weighted by atomic mass is 9.55. The van der Waals surface area contributed by atoms with Gasteiger partial charge >= 0.3 is 14.4 Å². The molecular formula is C10H21B2O3. The molecule has 0 N–H and O–H groups in total. The summed E-state index contributed by atoms with van der Waals surface area (Å²) in [4.78, 5) is 0. The first kappa shape index (κ1) is 13.1. The van der Waals surface area contributed by atoms with Crippen LogP contribution in [0.1, 0.15) is 34.6 Å². The minimum atomic E-state index is -0.305. The lowest BCUT2D eigenvalue weighted by molar-refractivity contribution is 0.0348. The number of hydrogen-bond donors (Lipinski definition) is 0. The van der Waals surface area contributed by atoms with Crippen molar-refractivity contribution in [3.63, 3.8) is 0 Å². The Kier molecular flexibility index (Phi) is 4.27. The third-order valence-corrected chi connectivity index (χ3v) is 2.00. The smallest absolute Gasteiger partial charge is 0.438 e. The highest BCUT2D eigenvalue weighted by atomic mass is 16.6. The van der Waals surface area contributed by atoms with E-state index in [-0.39, 0.29) is 17.8 Å². The van der Waals surface area contributed by atoms with Gasteiger partial charge in [0.1, 0.15) is 0 Å². The standard InChI is InChI=1S/C10H21B2O3/c1-9(2,3)6-13-11-12-14-7-10(4,5)8-15-12/h6-8H2,1-5H3. The van der Waals surface area contributed by atoms with Crippen LogP contribution in [0.25, 0.3) is 0 Å². The summed E-state index contributed by atoms with van der Waals surface area (Å²) in [5.74, 6) is 0. The first-order chi connectivity index (χ1) is 6.79. The van der Waals surface area contributed by atoms with E-state index in [1.165, 1.54) is 0 Å². The van der Waals surface area contributed by atoms with Crippen molar-refractivity contribution in [2.75, 3.05) is 19.8 Å². The Morgan fingerprint density at radius 1 is 1.27 bits per heavy atom. The molecule has 0 bridgehead atoms. The monoisotopic (exact) mass is 211 g/mol. The van der Waals surface area contributed by atoms with E-state index in [9.17, 15) is 0 Å². The largest absolute Gasteiger partial charge is 0.442 e. The molecule has 1 saturated heterocycles. The van der Waals surface area contributed by atoms with Gasteiger partial charge in [-0.1, -0.05) is 34.6 Å². The zero-order valence-corrected chi connectivity index (χ0v) is 10.5. The first-order valence-corrected chi connectivity index (χ1v) is 5.47. The van der Waals surface area contributed by atoms with Crippen LogP contribution in [0.3, 0.4) is 0 Å². The van der Waals surface area contributed by atoms with E-state index in [1.54, 1.807) is 7.37 Å². The van der Waals surface area contributed by atoms with Crippen molar-refractivity contribution in [2.24, 2.45) is 10.8 Å². The van der Waals surface area contributed by atoms with E-state index >= 15 is 0 Å². The van der Waals surface area contributed by atoms with E-state index in [4.69, 9.17) is 14.0 Å². The SMILES string of the molecule is CC(C)(C)CO[B]B1OCC(C)(C)CO1. The number of rotatable bonds is 3. The third-order valence-electron chi connectivity index (χ3n) is 2.00. The summed E-state index contributed by atoms with van der Waals surface area (Å²) in [6.07, 6.45) is 0. The van der Waals surface area contributed by atoms with Crippen molar-refractivity contribution in [2.45, 2.75) is 34.6 Å². The fourth-order valence-corrected chi connectivity index (χ4v) is 1.16. The molecule has 5 heteroatoms. The maximum Gasteiger partial charge on any atom is 0.438 e. The first-order valence-electron chi connectivity index (χ1n) is 5.47. The van der Waals surface area contributed by atoms with Gasteiger partial charge in [0.15, 0.2) is 0 Å². The fourth-order valence-electron chi connectivity index (χ4n) is 1.16. The molecule has 0 atom stereocenters. The van der Waals surface area contributed by atoms with Crippen LogP contribution in [-0.4, -0.2) is 34.2 Å². The van der Waals surface area contributed by atoms with Crippen LogP contribution >= 0.6 is 0 Å². The molecule has 1 aliphatic rings. The van der Waals surface area contributed by atoms with Crippen LogP contribution < -0.4 is 0 Å². The quantitative estimate of drug-likeness (QED) is 0.665. The Balaban J connectivity index is 2.14. The normalized spacial score (nSPS) is 21.5. The van der Waals surface area contributed by atoms with Gasteiger partial charge in [-0.3, -0.25) is 0 Å². The van der Waals surface area contributed by atoms with Gasteiger partial charge < -0.3 is 14.0 Å². The van der Waals surface area contributed by atoms with Crippen LogP contribution in [0.4, 0.5) is 0 Å². The molecular weight excluding hydrogens is 190 g/mol. The van der Waals surface area contributed by atoms with E-state index in [0.717, 1.165) is 0 Å². The highest BCUT2D eigenvalue weighted by Crippen LogP contribution is 2.21. The molecule has 0 unspecified atom stereocenters. The van der Waals surface area contributed by atoms with Crippen LogP contribution in [0, 0.1) is 10.8 Å². The summed E-state index contributed by atoms with van der Waals surface area (Å²) in [5, 5.41) is 0. The van der Waals surface area contributed by atoms with Gasteiger partial charge in [0.25, 0.3) is 0 Å². The second-order valence-corrected chi connectivity index (χ2v) is 6.16. The van der Waals surface area contributed by atoms with E-state index in [1.807, 2.05) is 0 Å². The molecule has 85 valence electrons. The molecule has 1 aliphatic heterocycles. The Morgan fingerprint density at radius 3 is 2.27 bits per heavy atom. The van der Waals surface area contributed by atoms with Crippen molar-refractivity contribution in [3.8, 4) is 0 Å². The summed E-state index contributed by atoms with van der Waals surface area (Å²) in [7, 11) is 1.35. The van der Waals surface area contributed by atoms with Gasteiger partial charge in [-0.15, -0.1) is 0 Å². The molecule has 1 heterocycles. The average Bonchev–Trinajstić information content (AvgIpc) is 2.06. The lowest BCUT2D eigenvalue weighted by Gasteiger charge is -2.33. The van der Waals surface area contributed by atoms with E-state index in [2.05, 4.69) is 34.6 Å². The second-order valence-electron chi connectivity index (χ2n) is 6.16. The molecule has 0 aromatic carbocycles. The Morgan fingerprint density at radius 2 is 1.80 bits per heavy atom. The van der Waals surface area contributed by atoms with Gasteiger partial charge in [0, 0.05) is 25.2 Å². The predicted molar refractivity (Wildman–Crippen MR) is 62.6 cm³/mol. The Bertz CT molecular complexity index is 191. The van der Waals surface area contributed by atoms with Gasteiger partial charge in [0.2, 0.25) is 0 Å². The third kappa shape index (κ3) is 5.59. The van der Waals surface area contributed by atoms with Crippen molar-refractivity contribution >= 4 is 14.4 Å². The Labute approximate surface area is 94.3 Å². The van der Waals surface area contributed by atoms with Crippen LogP contribution in [0.5, 0.6) is 0 Å². The van der Waals surface area contributed by atoms with Gasteiger partial charge in [-0.25, -0.2) is 0 Å². The highest BCUT2D eigenvalue weighted by molar-refractivity contribution is 7.02. The van der Waals surface area contributed by atoms with E-state index < -0.39 is 0 Å². The summed E-state index contributed by atoms with van der Waals surface area (Å²) in [6.45, 7) is 12.8.